The topological polar surface area (TPSA) is 4.93 Å². The number of halogens is 1. The molecule has 102 valence electrons. The molecule has 1 nitrogen and oxygen atoms in total. The van der Waals surface area contributed by atoms with Gasteiger partial charge >= 0.3 is 0 Å². The van der Waals surface area contributed by atoms with Gasteiger partial charge in [-0.15, -0.1) is 0 Å². The summed E-state index contributed by atoms with van der Waals surface area (Å²) in [6.07, 6.45) is 0. The van der Waals surface area contributed by atoms with Gasteiger partial charge in [-0.2, -0.15) is 0 Å². The zero-order valence-corrected chi connectivity index (χ0v) is 11.7. The van der Waals surface area contributed by atoms with Crippen molar-refractivity contribution in [1.29, 1.82) is 0 Å². The molecule has 2 heteroatoms. The highest BCUT2D eigenvalue weighted by molar-refractivity contribution is 6.10. The standard InChI is InChI=1S/C19H14FN/c1-13-5-4-7-17-16-6-2-3-8-18(16)21(19(13)17)15-11-9-14(20)10-12-15/h2-12H,1H3. The summed E-state index contributed by atoms with van der Waals surface area (Å²) in [5, 5.41) is 2.45. The predicted molar refractivity (Wildman–Crippen MR) is 85.5 cm³/mol. The van der Waals surface area contributed by atoms with Crippen LogP contribution in [0.15, 0.2) is 66.7 Å². The number of hydrogen-bond acceptors (Lipinski definition) is 0. The second-order valence-electron chi connectivity index (χ2n) is 5.30. The van der Waals surface area contributed by atoms with Crippen LogP contribution in [0.4, 0.5) is 4.39 Å². The highest BCUT2D eigenvalue weighted by Gasteiger charge is 2.13. The molecule has 21 heavy (non-hydrogen) atoms. The van der Waals surface area contributed by atoms with E-state index in [0.717, 1.165) is 11.2 Å². The van der Waals surface area contributed by atoms with E-state index in [1.165, 1.54) is 34.0 Å². The summed E-state index contributed by atoms with van der Waals surface area (Å²) in [6, 6.07) is 21.3. The van der Waals surface area contributed by atoms with Crippen molar-refractivity contribution < 1.29 is 4.39 Å². The van der Waals surface area contributed by atoms with Crippen molar-refractivity contribution in [3.8, 4) is 5.69 Å². The number of aryl methyl sites for hydroxylation is 1. The maximum Gasteiger partial charge on any atom is 0.123 e. The maximum atomic E-state index is 13.2. The third kappa shape index (κ3) is 1.76. The van der Waals surface area contributed by atoms with Crippen molar-refractivity contribution in [1.82, 2.24) is 4.57 Å². The molecule has 3 aromatic carbocycles. The molecule has 4 aromatic rings. The first-order valence-electron chi connectivity index (χ1n) is 7.00. The van der Waals surface area contributed by atoms with Crippen molar-refractivity contribution in [2.24, 2.45) is 0 Å². The van der Waals surface area contributed by atoms with Gasteiger partial charge in [0.25, 0.3) is 0 Å². The molecule has 0 bridgehead atoms. The molecule has 0 aliphatic heterocycles. The average molecular weight is 275 g/mol. The van der Waals surface area contributed by atoms with E-state index in [1.54, 1.807) is 0 Å². The van der Waals surface area contributed by atoms with E-state index in [0.29, 0.717) is 0 Å². The predicted octanol–water partition coefficient (Wildman–Crippen LogP) is 5.23. The number of hydrogen-bond donors (Lipinski definition) is 0. The molecule has 0 aliphatic carbocycles. The van der Waals surface area contributed by atoms with Crippen LogP contribution in [0.3, 0.4) is 0 Å². The van der Waals surface area contributed by atoms with Gasteiger partial charge in [0.15, 0.2) is 0 Å². The quantitative estimate of drug-likeness (QED) is 0.448. The van der Waals surface area contributed by atoms with E-state index >= 15 is 0 Å². The molecule has 0 amide bonds. The smallest absolute Gasteiger partial charge is 0.123 e. The summed E-state index contributed by atoms with van der Waals surface area (Å²) in [6.45, 7) is 2.11. The first-order chi connectivity index (χ1) is 10.3. The van der Waals surface area contributed by atoms with Crippen molar-refractivity contribution in [2.75, 3.05) is 0 Å². The van der Waals surface area contributed by atoms with Crippen molar-refractivity contribution in [3.05, 3.63) is 78.1 Å². The van der Waals surface area contributed by atoms with Crippen LogP contribution in [0.25, 0.3) is 27.5 Å². The number of aromatic nitrogens is 1. The van der Waals surface area contributed by atoms with E-state index < -0.39 is 0 Å². The molecule has 0 N–H and O–H groups in total. The summed E-state index contributed by atoms with van der Waals surface area (Å²) in [5.41, 5.74) is 4.53. The summed E-state index contributed by atoms with van der Waals surface area (Å²) in [4.78, 5) is 0. The minimum absolute atomic E-state index is 0.212. The Balaban J connectivity index is 2.21. The van der Waals surface area contributed by atoms with Crippen LogP contribution in [0.1, 0.15) is 5.56 Å². The van der Waals surface area contributed by atoms with Gasteiger partial charge in [-0.3, -0.25) is 0 Å². The van der Waals surface area contributed by atoms with Crippen LogP contribution >= 0.6 is 0 Å². The molecule has 0 unspecified atom stereocenters. The maximum absolute atomic E-state index is 13.2. The zero-order valence-electron chi connectivity index (χ0n) is 11.7. The molecule has 0 saturated carbocycles. The minimum atomic E-state index is -0.212. The monoisotopic (exact) mass is 275 g/mol. The van der Waals surface area contributed by atoms with Gasteiger partial charge in [-0.1, -0.05) is 36.4 Å². The molecule has 4 rings (SSSR count). The van der Waals surface area contributed by atoms with Crippen LogP contribution in [0.5, 0.6) is 0 Å². The van der Waals surface area contributed by atoms with Crippen molar-refractivity contribution in [2.45, 2.75) is 6.92 Å². The van der Waals surface area contributed by atoms with Gasteiger partial charge in [0, 0.05) is 16.5 Å². The van der Waals surface area contributed by atoms with Crippen LogP contribution in [0.2, 0.25) is 0 Å². The first kappa shape index (κ1) is 12.2. The van der Waals surface area contributed by atoms with E-state index in [2.05, 4.69) is 47.9 Å². The molecule has 0 spiro atoms. The van der Waals surface area contributed by atoms with Gasteiger partial charge in [-0.25, -0.2) is 4.39 Å². The molecular weight excluding hydrogens is 261 g/mol. The fourth-order valence-electron chi connectivity index (χ4n) is 3.05. The molecule has 1 heterocycles. The number of fused-ring (bicyclic) bond motifs is 3. The largest absolute Gasteiger partial charge is 0.309 e. The second-order valence-corrected chi connectivity index (χ2v) is 5.30. The Bertz CT molecular complexity index is 949. The second kappa shape index (κ2) is 4.45. The van der Waals surface area contributed by atoms with Gasteiger partial charge in [-0.05, 0) is 42.8 Å². The lowest BCUT2D eigenvalue weighted by atomic mass is 10.1. The summed E-state index contributed by atoms with van der Waals surface area (Å²) in [7, 11) is 0. The van der Waals surface area contributed by atoms with E-state index in [1.807, 2.05) is 18.2 Å². The fourth-order valence-corrected chi connectivity index (χ4v) is 3.05. The first-order valence-corrected chi connectivity index (χ1v) is 7.00. The van der Waals surface area contributed by atoms with Crippen molar-refractivity contribution in [3.63, 3.8) is 0 Å². The summed E-state index contributed by atoms with van der Waals surface area (Å²) >= 11 is 0. The highest BCUT2D eigenvalue weighted by atomic mass is 19.1. The SMILES string of the molecule is Cc1cccc2c3ccccc3n(-c3ccc(F)cc3)c12. The van der Waals surface area contributed by atoms with Crippen molar-refractivity contribution >= 4 is 21.8 Å². The summed E-state index contributed by atoms with van der Waals surface area (Å²) < 4.78 is 15.4. The van der Waals surface area contributed by atoms with Crippen LogP contribution < -0.4 is 0 Å². The molecular formula is C19H14FN. The van der Waals surface area contributed by atoms with Crippen LogP contribution in [-0.4, -0.2) is 4.57 Å². The highest BCUT2D eigenvalue weighted by Crippen LogP contribution is 2.33. The lowest BCUT2D eigenvalue weighted by Gasteiger charge is -2.09. The normalized spacial score (nSPS) is 11.3. The number of para-hydroxylation sites is 2. The lowest BCUT2D eigenvalue weighted by Crippen LogP contribution is -1.95. The van der Waals surface area contributed by atoms with E-state index in [4.69, 9.17) is 0 Å². The summed E-state index contributed by atoms with van der Waals surface area (Å²) in [5.74, 6) is -0.212. The number of benzene rings is 3. The molecule has 0 saturated heterocycles. The zero-order chi connectivity index (χ0) is 14.4. The Labute approximate surface area is 122 Å². The Kier molecular flexibility index (Phi) is 2.58. The third-order valence-corrected chi connectivity index (χ3v) is 3.98. The Morgan fingerprint density at radius 2 is 1.48 bits per heavy atom. The average Bonchev–Trinajstić information content (AvgIpc) is 2.84. The molecule has 0 atom stereocenters. The van der Waals surface area contributed by atoms with Gasteiger partial charge < -0.3 is 4.57 Å². The Morgan fingerprint density at radius 3 is 2.29 bits per heavy atom. The van der Waals surface area contributed by atoms with Crippen LogP contribution in [-0.2, 0) is 0 Å². The molecule has 0 fully saturated rings. The molecule has 0 radical (unpaired) electrons. The Morgan fingerprint density at radius 1 is 0.762 bits per heavy atom. The van der Waals surface area contributed by atoms with E-state index in [-0.39, 0.29) is 5.82 Å². The molecule has 0 aliphatic rings. The Hall–Kier alpha value is -2.61. The fraction of sp³-hybridized carbons (Fsp3) is 0.0526. The van der Waals surface area contributed by atoms with Gasteiger partial charge in [0.05, 0.1) is 11.0 Å². The van der Waals surface area contributed by atoms with Crippen LogP contribution in [0, 0.1) is 12.7 Å². The number of nitrogens with zero attached hydrogens (tertiary/aromatic N) is 1. The minimum Gasteiger partial charge on any atom is -0.309 e. The third-order valence-electron chi connectivity index (χ3n) is 3.98. The lowest BCUT2D eigenvalue weighted by molar-refractivity contribution is 0.627. The van der Waals surface area contributed by atoms with Gasteiger partial charge in [0.1, 0.15) is 5.82 Å². The number of rotatable bonds is 1. The van der Waals surface area contributed by atoms with E-state index in [9.17, 15) is 4.39 Å². The molecule has 1 aromatic heterocycles. The van der Waals surface area contributed by atoms with Gasteiger partial charge in [0.2, 0.25) is 0 Å².